The maximum absolute atomic E-state index is 12.6. The summed E-state index contributed by atoms with van der Waals surface area (Å²) in [5, 5.41) is 3.23. The van der Waals surface area contributed by atoms with Crippen LogP contribution in [0.4, 0.5) is 13.2 Å². The molecule has 1 aromatic rings. The number of piperazine rings is 1. The third-order valence-electron chi connectivity index (χ3n) is 3.56. The van der Waals surface area contributed by atoms with Crippen LogP contribution < -0.4 is 5.32 Å². The summed E-state index contributed by atoms with van der Waals surface area (Å²) < 4.78 is 39.6. The van der Waals surface area contributed by atoms with Crippen LogP contribution in [0, 0.1) is 0 Å². The zero-order valence-electron chi connectivity index (χ0n) is 11.4. The van der Waals surface area contributed by atoms with Crippen LogP contribution in [0.3, 0.4) is 0 Å². The van der Waals surface area contributed by atoms with Gasteiger partial charge in [0.25, 0.3) is 0 Å². The molecule has 1 fully saturated rings. The van der Waals surface area contributed by atoms with Crippen molar-refractivity contribution in [3.05, 3.63) is 32.7 Å². The fraction of sp³-hybridized carbons (Fsp3) is 0.571. The summed E-state index contributed by atoms with van der Waals surface area (Å²) in [5.74, 6) is 0. The Hall–Kier alpha value is -0.110. The molecule has 1 aromatic carbocycles. The van der Waals surface area contributed by atoms with Gasteiger partial charge < -0.3 is 5.32 Å². The fourth-order valence-corrected chi connectivity index (χ4v) is 3.95. The standard InChI is InChI=1S/C14H17Br2F3N2/c15-11-7-10(8-12(16)9-11)13(1-2-14(17,18)19)21-5-3-20-4-6-21/h7-9,13,20H,1-6H2/t13-/m0/s1. The molecule has 1 atom stereocenters. The summed E-state index contributed by atoms with van der Waals surface area (Å²) in [6.45, 7) is 3.18. The minimum atomic E-state index is -4.12. The number of hydrogen-bond donors (Lipinski definition) is 1. The highest BCUT2D eigenvalue weighted by molar-refractivity contribution is 9.11. The Labute approximate surface area is 139 Å². The monoisotopic (exact) mass is 428 g/mol. The molecule has 0 aliphatic carbocycles. The fourth-order valence-electron chi connectivity index (χ4n) is 2.62. The molecule has 0 bridgehead atoms. The molecular weight excluding hydrogens is 413 g/mol. The molecule has 1 aliphatic heterocycles. The van der Waals surface area contributed by atoms with Crippen molar-refractivity contribution in [2.75, 3.05) is 26.2 Å². The minimum absolute atomic E-state index is 0.0897. The number of nitrogens with one attached hydrogen (secondary N) is 1. The summed E-state index contributed by atoms with van der Waals surface area (Å²) in [5.41, 5.74) is 0.919. The topological polar surface area (TPSA) is 15.3 Å². The Morgan fingerprint density at radius 2 is 1.67 bits per heavy atom. The lowest BCUT2D eigenvalue weighted by atomic mass is 9.99. The Morgan fingerprint density at radius 1 is 1.10 bits per heavy atom. The molecule has 2 nitrogen and oxygen atoms in total. The summed E-state index contributed by atoms with van der Waals surface area (Å²) >= 11 is 6.83. The van der Waals surface area contributed by atoms with E-state index in [2.05, 4.69) is 42.1 Å². The average Bonchev–Trinajstić information content (AvgIpc) is 2.37. The molecule has 1 saturated heterocycles. The van der Waals surface area contributed by atoms with Crippen LogP contribution in [0.15, 0.2) is 27.1 Å². The minimum Gasteiger partial charge on any atom is -0.314 e. The van der Waals surface area contributed by atoms with E-state index in [9.17, 15) is 13.2 Å². The van der Waals surface area contributed by atoms with Gasteiger partial charge in [0.2, 0.25) is 0 Å². The van der Waals surface area contributed by atoms with E-state index in [1.807, 2.05) is 18.2 Å². The van der Waals surface area contributed by atoms with Crippen LogP contribution in [0.5, 0.6) is 0 Å². The van der Waals surface area contributed by atoms with E-state index in [1.54, 1.807) is 0 Å². The molecule has 1 N–H and O–H groups in total. The molecule has 7 heteroatoms. The van der Waals surface area contributed by atoms with Crippen molar-refractivity contribution in [2.45, 2.75) is 25.1 Å². The molecule has 1 aliphatic rings. The second-order valence-electron chi connectivity index (χ2n) is 5.16. The molecule has 0 spiro atoms. The third-order valence-corrected chi connectivity index (χ3v) is 4.48. The Balaban J connectivity index is 2.21. The molecule has 0 amide bonds. The van der Waals surface area contributed by atoms with E-state index in [-0.39, 0.29) is 12.5 Å². The van der Waals surface area contributed by atoms with E-state index >= 15 is 0 Å². The highest BCUT2D eigenvalue weighted by Crippen LogP contribution is 2.34. The first-order valence-corrected chi connectivity index (χ1v) is 8.41. The second kappa shape index (κ2) is 7.44. The van der Waals surface area contributed by atoms with Gasteiger partial charge in [-0.25, -0.2) is 0 Å². The van der Waals surface area contributed by atoms with Crippen molar-refractivity contribution in [3.63, 3.8) is 0 Å². The van der Waals surface area contributed by atoms with E-state index in [1.165, 1.54) is 0 Å². The van der Waals surface area contributed by atoms with Crippen molar-refractivity contribution < 1.29 is 13.2 Å². The van der Waals surface area contributed by atoms with Gasteiger partial charge in [-0.2, -0.15) is 13.2 Å². The SMILES string of the molecule is FC(F)(F)CC[C@@H](c1cc(Br)cc(Br)c1)N1CCNCC1. The molecule has 0 unspecified atom stereocenters. The largest absolute Gasteiger partial charge is 0.389 e. The Bertz CT molecular complexity index is 454. The predicted molar refractivity (Wildman–Crippen MR) is 84.3 cm³/mol. The molecule has 0 saturated carbocycles. The first-order chi connectivity index (χ1) is 9.85. The van der Waals surface area contributed by atoms with Crippen LogP contribution in [0.2, 0.25) is 0 Å². The van der Waals surface area contributed by atoms with Gasteiger partial charge in [-0.1, -0.05) is 31.9 Å². The van der Waals surface area contributed by atoms with Crippen molar-refractivity contribution in [2.24, 2.45) is 0 Å². The molecule has 21 heavy (non-hydrogen) atoms. The molecule has 1 heterocycles. The van der Waals surface area contributed by atoms with Crippen molar-refractivity contribution in [3.8, 4) is 0 Å². The van der Waals surface area contributed by atoms with E-state index in [4.69, 9.17) is 0 Å². The van der Waals surface area contributed by atoms with Crippen LogP contribution >= 0.6 is 31.9 Å². The van der Waals surface area contributed by atoms with Crippen LogP contribution in [-0.4, -0.2) is 37.3 Å². The quantitative estimate of drug-likeness (QED) is 0.757. The van der Waals surface area contributed by atoms with Gasteiger partial charge in [0.05, 0.1) is 0 Å². The summed E-state index contributed by atoms with van der Waals surface area (Å²) in [4.78, 5) is 2.14. The molecule has 2 rings (SSSR count). The third kappa shape index (κ3) is 5.54. The molecule has 0 aromatic heterocycles. The summed E-state index contributed by atoms with van der Waals surface area (Å²) in [6, 6.07) is 5.51. The molecule has 0 radical (unpaired) electrons. The van der Waals surface area contributed by atoms with Crippen LogP contribution in [-0.2, 0) is 0 Å². The number of benzene rings is 1. The number of hydrogen-bond acceptors (Lipinski definition) is 2. The first kappa shape index (κ1) is 17.2. The normalized spacial score (nSPS) is 18.7. The zero-order valence-corrected chi connectivity index (χ0v) is 14.6. The van der Waals surface area contributed by atoms with Gasteiger partial charge in [-0.3, -0.25) is 4.90 Å². The highest BCUT2D eigenvalue weighted by Gasteiger charge is 2.31. The Kier molecular flexibility index (Phi) is 6.11. The van der Waals surface area contributed by atoms with Gasteiger partial charge in [0.1, 0.15) is 0 Å². The predicted octanol–water partition coefficient (Wildman–Crippen LogP) is 4.50. The van der Waals surface area contributed by atoms with Crippen LogP contribution in [0.25, 0.3) is 0 Å². The van der Waals surface area contributed by atoms with E-state index in [0.717, 1.165) is 40.7 Å². The zero-order chi connectivity index (χ0) is 15.5. The summed E-state index contributed by atoms with van der Waals surface area (Å²) in [7, 11) is 0. The van der Waals surface area contributed by atoms with E-state index < -0.39 is 12.6 Å². The lowest BCUT2D eigenvalue weighted by Gasteiger charge is -2.35. The van der Waals surface area contributed by atoms with Crippen LogP contribution in [0.1, 0.15) is 24.4 Å². The number of alkyl halides is 3. The second-order valence-corrected chi connectivity index (χ2v) is 6.99. The lowest BCUT2D eigenvalue weighted by Crippen LogP contribution is -2.45. The number of nitrogens with zero attached hydrogens (tertiary/aromatic N) is 1. The highest BCUT2D eigenvalue weighted by atomic mass is 79.9. The number of halogens is 5. The van der Waals surface area contributed by atoms with E-state index in [0.29, 0.717) is 0 Å². The van der Waals surface area contributed by atoms with Gasteiger partial charge in [-0.15, -0.1) is 0 Å². The summed E-state index contributed by atoms with van der Waals surface area (Å²) in [6.07, 6.45) is -4.78. The average molecular weight is 430 g/mol. The van der Waals surface area contributed by atoms with Gasteiger partial charge >= 0.3 is 6.18 Å². The van der Waals surface area contributed by atoms with Gasteiger partial charge in [0, 0.05) is 47.6 Å². The smallest absolute Gasteiger partial charge is 0.314 e. The molecule has 118 valence electrons. The molecular formula is C14H17Br2F3N2. The number of rotatable bonds is 4. The maximum Gasteiger partial charge on any atom is 0.389 e. The van der Waals surface area contributed by atoms with Gasteiger partial charge in [0.15, 0.2) is 0 Å². The Morgan fingerprint density at radius 3 is 2.19 bits per heavy atom. The van der Waals surface area contributed by atoms with Gasteiger partial charge in [-0.05, 0) is 30.2 Å². The first-order valence-electron chi connectivity index (χ1n) is 6.83. The van der Waals surface area contributed by atoms with Crippen molar-refractivity contribution >= 4 is 31.9 Å². The lowest BCUT2D eigenvalue weighted by molar-refractivity contribution is -0.138. The van der Waals surface area contributed by atoms with Crippen molar-refractivity contribution in [1.29, 1.82) is 0 Å². The maximum atomic E-state index is 12.6. The van der Waals surface area contributed by atoms with Crippen molar-refractivity contribution in [1.82, 2.24) is 10.2 Å².